The highest BCUT2D eigenvalue weighted by Crippen LogP contribution is 2.23. The van der Waals surface area contributed by atoms with E-state index in [4.69, 9.17) is 0 Å². The summed E-state index contributed by atoms with van der Waals surface area (Å²) in [4.78, 5) is 13.5. The molecule has 0 aliphatic carbocycles. The molecule has 13 heavy (non-hydrogen) atoms. The van der Waals surface area contributed by atoms with Gasteiger partial charge in [0.1, 0.15) is 0 Å². The van der Waals surface area contributed by atoms with Crippen molar-refractivity contribution in [2.24, 2.45) is 5.41 Å². The summed E-state index contributed by atoms with van der Waals surface area (Å²) in [5, 5.41) is 0. The Morgan fingerprint density at radius 2 is 2.15 bits per heavy atom. The van der Waals surface area contributed by atoms with Gasteiger partial charge in [0, 0.05) is 13.1 Å². The van der Waals surface area contributed by atoms with E-state index in [0.29, 0.717) is 5.41 Å². The molecular formula is C10H18BrNO. The lowest BCUT2D eigenvalue weighted by molar-refractivity contribution is -0.127. The molecule has 0 aromatic carbocycles. The molecule has 3 heteroatoms. The number of carbonyl (C=O) groups is 1. The smallest absolute Gasteiger partial charge is 0.236 e. The lowest BCUT2D eigenvalue weighted by atomic mass is 9.92. The molecule has 1 rings (SSSR count). The fraction of sp³-hybridized carbons (Fsp3) is 0.900. The normalized spacial score (nSPS) is 24.2. The molecule has 2 nitrogen and oxygen atoms in total. The van der Waals surface area contributed by atoms with Gasteiger partial charge in [-0.1, -0.05) is 36.7 Å². The van der Waals surface area contributed by atoms with Crippen molar-refractivity contribution in [1.29, 1.82) is 0 Å². The van der Waals surface area contributed by atoms with E-state index in [0.717, 1.165) is 25.9 Å². The summed E-state index contributed by atoms with van der Waals surface area (Å²) in [7, 11) is 0. The maximum absolute atomic E-state index is 11.5. The molecule has 1 amide bonds. The summed E-state index contributed by atoms with van der Waals surface area (Å²) in [6.45, 7) is 8.45. The average Bonchev–Trinajstić information content (AvgIpc) is 2.29. The third kappa shape index (κ3) is 3.29. The second-order valence-corrected chi connectivity index (χ2v) is 6.00. The second-order valence-electron chi connectivity index (χ2n) is 4.89. The van der Waals surface area contributed by atoms with E-state index in [2.05, 4.69) is 36.7 Å². The largest absolute Gasteiger partial charge is 0.342 e. The van der Waals surface area contributed by atoms with Gasteiger partial charge >= 0.3 is 0 Å². The van der Waals surface area contributed by atoms with Crippen molar-refractivity contribution in [1.82, 2.24) is 4.90 Å². The van der Waals surface area contributed by atoms with Crippen LogP contribution in [0.3, 0.4) is 0 Å². The molecule has 1 fully saturated rings. The van der Waals surface area contributed by atoms with Gasteiger partial charge in [-0.05, 0) is 18.3 Å². The first-order valence-electron chi connectivity index (χ1n) is 4.83. The van der Waals surface area contributed by atoms with Crippen LogP contribution in [0, 0.1) is 5.41 Å². The van der Waals surface area contributed by atoms with Crippen LogP contribution in [0.25, 0.3) is 0 Å². The van der Waals surface area contributed by atoms with Crippen molar-refractivity contribution in [3.8, 4) is 0 Å². The number of likely N-dealkylation sites (tertiary alicyclic amines) is 1. The van der Waals surface area contributed by atoms with Gasteiger partial charge in [-0.25, -0.2) is 0 Å². The number of nitrogens with zero attached hydrogens (tertiary/aromatic N) is 1. The average molecular weight is 248 g/mol. The first-order chi connectivity index (χ1) is 5.90. The Labute approximate surface area is 88.8 Å². The summed E-state index contributed by atoms with van der Waals surface area (Å²) in [5.74, 6) is 0.268. The van der Waals surface area contributed by atoms with Crippen molar-refractivity contribution in [2.75, 3.05) is 13.1 Å². The molecule has 1 aliphatic rings. The number of carbonyl (C=O) groups excluding carboxylic acids is 1. The van der Waals surface area contributed by atoms with Crippen LogP contribution in [-0.4, -0.2) is 28.7 Å². The fourth-order valence-corrected chi connectivity index (χ4v) is 1.89. The van der Waals surface area contributed by atoms with Crippen LogP contribution in [0.4, 0.5) is 0 Å². The molecule has 1 unspecified atom stereocenters. The van der Waals surface area contributed by atoms with Crippen molar-refractivity contribution >= 4 is 21.8 Å². The number of hydrogen-bond donors (Lipinski definition) is 0. The van der Waals surface area contributed by atoms with E-state index in [1.165, 1.54) is 0 Å². The Balaban J connectivity index is 2.35. The predicted molar refractivity (Wildman–Crippen MR) is 58.0 cm³/mol. The summed E-state index contributed by atoms with van der Waals surface area (Å²) in [5.41, 5.74) is 0.324. The van der Waals surface area contributed by atoms with Crippen LogP contribution in [0.1, 0.15) is 33.6 Å². The minimum Gasteiger partial charge on any atom is -0.342 e. The molecule has 1 atom stereocenters. The highest BCUT2D eigenvalue weighted by Gasteiger charge is 2.29. The maximum atomic E-state index is 11.5. The maximum Gasteiger partial charge on any atom is 0.236 e. The first-order valence-corrected chi connectivity index (χ1v) is 5.74. The highest BCUT2D eigenvalue weighted by molar-refractivity contribution is 9.10. The molecular weight excluding hydrogens is 230 g/mol. The molecule has 76 valence electrons. The number of hydrogen-bond acceptors (Lipinski definition) is 1. The minimum atomic E-state index is 0.0764. The molecule has 0 bridgehead atoms. The lowest BCUT2D eigenvalue weighted by Gasteiger charge is -2.23. The number of halogens is 1. The van der Waals surface area contributed by atoms with E-state index in [1.807, 2.05) is 4.90 Å². The quantitative estimate of drug-likeness (QED) is 0.687. The van der Waals surface area contributed by atoms with Gasteiger partial charge in [0.25, 0.3) is 0 Å². The van der Waals surface area contributed by atoms with Crippen LogP contribution in [0.2, 0.25) is 0 Å². The molecule has 0 spiro atoms. The zero-order valence-electron chi connectivity index (χ0n) is 8.64. The van der Waals surface area contributed by atoms with Crippen molar-refractivity contribution in [2.45, 2.75) is 38.4 Å². The van der Waals surface area contributed by atoms with Crippen LogP contribution in [0.15, 0.2) is 0 Å². The van der Waals surface area contributed by atoms with Crippen LogP contribution in [-0.2, 0) is 4.79 Å². The summed E-state index contributed by atoms with van der Waals surface area (Å²) < 4.78 is 0. The van der Waals surface area contributed by atoms with Gasteiger partial charge in [0.2, 0.25) is 5.91 Å². The van der Waals surface area contributed by atoms with Crippen molar-refractivity contribution < 1.29 is 4.79 Å². The SMILES string of the molecule is CC(C)(C)CCN1CCC(Br)C1=O. The summed E-state index contributed by atoms with van der Waals surface area (Å²) in [6.07, 6.45) is 2.04. The third-order valence-corrected chi connectivity index (χ3v) is 3.21. The van der Waals surface area contributed by atoms with E-state index >= 15 is 0 Å². The molecule has 0 N–H and O–H groups in total. The van der Waals surface area contributed by atoms with Gasteiger partial charge in [0.05, 0.1) is 4.83 Å². The molecule has 0 aromatic rings. The zero-order valence-corrected chi connectivity index (χ0v) is 10.2. The molecule has 1 saturated heterocycles. The van der Waals surface area contributed by atoms with Crippen LogP contribution < -0.4 is 0 Å². The summed E-state index contributed by atoms with van der Waals surface area (Å²) in [6, 6.07) is 0. The lowest BCUT2D eigenvalue weighted by Crippen LogP contribution is -2.30. The van der Waals surface area contributed by atoms with E-state index in [1.54, 1.807) is 0 Å². The highest BCUT2D eigenvalue weighted by atomic mass is 79.9. The molecule has 0 radical (unpaired) electrons. The van der Waals surface area contributed by atoms with Crippen molar-refractivity contribution in [3.05, 3.63) is 0 Å². The van der Waals surface area contributed by atoms with E-state index in [9.17, 15) is 4.79 Å². The van der Waals surface area contributed by atoms with Crippen LogP contribution in [0.5, 0.6) is 0 Å². The monoisotopic (exact) mass is 247 g/mol. The topological polar surface area (TPSA) is 20.3 Å². The summed E-state index contributed by atoms with van der Waals surface area (Å²) >= 11 is 3.37. The Morgan fingerprint density at radius 3 is 2.54 bits per heavy atom. The number of alkyl halides is 1. The molecule has 1 heterocycles. The Morgan fingerprint density at radius 1 is 1.54 bits per heavy atom. The van der Waals surface area contributed by atoms with Gasteiger partial charge < -0.3 is 4.90 Å². The number of rotatable bonds is 2. The molecule has 1 aliphatic heterocycles. The second kappa shape index (κ2) is 3.99. The third-order valence-electron chi connectivity index (χ3n) is 2.36. The molecule has 0 aromatic heterocycles. The Kier molecular flexibility index (Phi) is 3.38. The van der Waals surface area contributed by atoms with Gasteiger partial charge in [-0.3, -0.25) is 4.79 Å². The van der Waals surface area contributed by atoms with Crippen molar-refractivity contribution in [3.63, 3.8) is 0 Å². The Hall–Kier alpha value is -0.0500. The fourth-order valence-electron chi connectivity index (χ4n) is 1.39. The predicted octanol–water partition coefficient (Wildman–Crippen LogP) is 2.42. The molecule has 0 saturated carbocycles. The van der Waals surface area contributed by atoms with Gasteiger partial charge in [-0.2, -0.15) is 0 Å². The number of amides is 1. The van der Waals surface area contributed by atoms with Crippen LogP contribution >= 0.6 is 15.9 Å². The standard InChI is InChI=1S/C10H18BrNO/c1-10(2,3)5-7-12-6-4-8(11)9(12)13/h8H,4-7H2,1-3H3. The van der Waals surface area contributed by atoms with E-state index < -0.39 is 0 Å². The first kappa shape index (κ1) is 11.0. The van der Waals surface area contributed by atoms with Gasteiger partial charge in [0.15, 0.2) is 0 Å². The minimum absolute atomic E-state index is 0.0764. The Bertz CT molecular complexity index is 198. The zero-order chi connectivity index (χ0) is 10.1. The van der Waals surface area contributed by atoms with Gasteiger partial charge in [-0.15, -0.1) is 0 Å². The van der Waals surface area contributed by atoms with E-state index in [-0.39, 0.29) is 10.7 Å².